The van der Waals surface area contributed by atoms with Gasteiger partial charge in [0.05, 0.1) is 6.54 Å². The van der Waals surface area contributed by atoms with Gasteiger partial charge in [-0.25, -0.2) is 0 Å². The summed E-state index contributed by atoms with van der Waals surface area (Å²) in [5, 5.41) is 5.92. The van der Waals surface area contributed by atoms with Gasteiger partial charge in [-0.05, 0) is 38.8 Å². The van der Waals surface area contributed by atoms with Crippen molar-refractivity contribution < 1.29 is 4.79 Å². The number of amides is 1. The van der Waals surface area contributed by atoms with Gasteiger partial charge in [0.2, 0.25) is 5.91 Å². The highest BCUT2D eigenvalue weighted by Crippen LogP contribution is 2.09. The molecule has 0 aliphatic heterocycles. The third-order valence-electron chi connectivity index (χ3n) is 2.08. The fraction of sp³-hybridized carbons (Fsp3) is 0.417. The quantitative estimate of drug-likeness (QED) is 0.776. The van der Waals surface area contributed by atoms with E-state index >= 15 is 0 Å². The zero-order valence-corrected chi connectivity index (χ0v) is 10.1. The van der Waals surface area contributed by atoms with Gasteiger partial charge in [0.1, 0.15) is 0 Å². The Hall–Kier alpha value is -1.39. The van der Waals surface area contributed by atoms with Crippen LogP contribution in [-0.4, -0.2) is 38.5 Å². The smallest absolute Gasteiger partial charge is 0.238 e. The molecule has 88 valence electrons. The lowest BCUT2D eigenvalue weighted by atomic mass is 10.2. The van der Waals surface area contributed by atoms with E-state index in [1.54, 1.807) is 0 Å². The van der Waals surface area contributed by atoms with E-state index in [0.717, 1.165) is 12.2 Å². The number of hydrogen-bond acceptors (Lipinski definition) is 3. The van der Waals surface area contributed by atoms with Crippen LogP contribution in [0.2, 0.25) is 0 Å². The highest BCUT2D eigenvalue weighted by Gasteiger charge is 2.03. The Labute approximate surface area is 96.6 Å². The first-order valence-electron chi connectivity index (χ1n) is 5.30. The van der Waals surface area contributed by atoms with Crippen molar-refractivity contribution in [3.8, 4) is 0 Å². The molecule has 0 radical (unpaired) electrons. The molecule has 0 aromatic heterocycles. The van der Waals surface area contributed by atoms with Crippen molar-refractivity contribution >= 4 is 11.6 Å². The maximum atomic E-state index is 11.5. The second kappa shape index (κ2) is 6.25. The van der Waals surface area contributed by atoms with Crippen molar-refractivity contribution in [3.63, 3.8) is 0 Å². The van der Waals surface area contributed by atoms with Crippen LogP contribution < -0.4 is 10.6 Å². The average Bonchev–Trinajstić information content (AvgIpc) is 2.20. The molecule has 2 N–H and O–H groups in total. The van der Waals surface area contributed by atoms with Gasteiger partial charge in [-0.2, -0.15) is 0 Å². The molecule has 1 amide bonds. The summed E-state index contributed by atoms with van der Waals surface area (Å²) in [7, 11) is 5.65. The Balaban J connectivity index is 2.51. The Morgan fingerprint density at radius 1 is 1.25 bits per heavy atom. The lowest BCUT2D eigenvalue weighted by molar-refractivity contribution is -0.116. The molecule has 1 aromatic carbocycles. The van der Waals surface area contributed by atoms with Crippen LogP contribution in [0, 0.1) is 0 Å². The molecular formula is C12H19N3O. The predicted octanol–water partition coefficient (Wildman–Crippen LogP) is 0.906. The van der Waals surface area contributed by atoms with Crippen LogP contribution in [0.4, 0.5) is 5.69 Å². The van der Waals surface area contributed by atoms with E-state index in [1.807, 2.05) is 50.3 Å². The molecule has 16 heavy (non-hydrogen) atoms. The van der Waals surface area contributed by atoms with E-state index < -0.39 is 0 Å². The van der Waals surface area contributed by atoms with Crippen molar-refractivity contribution in [1.29, 1.82) is 0 Å². The largest absolute Gasteiger partial charge is 0.325 e. The topological polar surface area (TPSA) is 44.4 Å². The molecule has 0 aliphatic rings. The number of nitrogens with one attached hydrogen (secondary N) is 2. The van der Waals surface area contributed by atoms with Gasteiger partial charge < -0.3 is 15.5 Å². The van der Waals surface area contributed by atoms with Gasteiger partial charge >= 0.3 is 0 Å². The number of likely N-dealkylation sites (N-methyl/N-ethyl adjacent to an activating group) is 1. The van der Waals surface area contributed by atoms with Crippen molar-refractivity contribution in [2.75, 3.05) is 33.0 Å². The maximum absolute atomic E-state index is 11.5. The van der Waals surface area contributed by atoms with Crippen LogP contribution >= 0.6 is 0 Å². The summed E-state index contributed by atoms with van der Waals surface area (Å²) in [6.07, 6.45) is 0. The lowest BCUT2D eigenvalue weighted by Crippen LogP contribution is -2.27. The first kappa shape index (κ1) is 12.7. The Kier molecular flexibility index (Phi) is 4.95. The third kappa shape index (κ3) is 4.42. The van der Waals surface area contributed by atoms with E-state index in [0.29, 0.717) is 6.54 Å². The normalized spacial score (nSPS) is 10.5. The number of carbonyl (C=O) groups excluding carboxylic acids is 1. The van der Waals surface area contributed by atoms with E-state index in [1.165, 1.54) is 5.56 Å². The molecule has 4 heteroatoms. The molecule has 0 saturated carbocycles. The number of nitrogens with zero attached hydrogens (tertiary/aromatic N) is 1. The van der Waals surface area contributed by atoms with Gasteiger partial charge in [0, 0.05) is 12.2 Å². The molecule has 4 nitrogen and oxygen atoms in total. The molecule has 0 atom stereocenters. The van der Waals surface area contributed by atoms with Gasteiger partial charge in [-0.15, -0.1) is 0 Å². The molecule has 0 fully saturated rings. The number of rotatable bonds is 5. The van der Waals surface area contributed by atoms with E-state index in [4.69, 9.17) is 0 Å². The Morgan fingerprint density at radius 2 is 1.88 bits per heavy atom. The summed E-state index contributed by atoms with van der Waals surface area (Å²) in [4.78, 5) is 13.3. The van der Waals surface area contributed by atoms with Crippen molar-refractivity contribution in [2.45, 2.75) is 6.54 Å². The van der Waals surface area contributed by atoms with Crippen molar-refractivity contribution in [1.82, 2.24) is 10.2 Å². The number of benzene rings is 1. The minimum absolute atomic E-state index is 0.00589. The number of anilines is 1. The average molecular weight is 221 g/mol. The minimum Gasteiger partial charge on any atom is -0.325 e. The van der Waals surface area contributed by atoms with Crippen LogP contribution in [0.15, 0.2) is 24.3 Å². The highest BCUT2D eigenvalue weighted by molar-refractivity contribution is 5.92. The van der Waals surface area contributed by atoms with Crippen LogP contribution in [-0.2, 0) is 11.3 Å². The van der Waals surface area contributed by atoms with Crippen LogP contribution in [0.25, 0.3) is 0 Å². The molecule has 1 aromatic rings. The van der Waals surface area contributed by atoms with Gasteiger partial charge in [0.25, 0.3) is 0 Å². The maximum Gasteiger partial charge on any atom is 0.238 e. The predicted molar refractivity (Wildman–Crippen MR) is 66.4 cm³/mol. The fourth-order valence-electron chi connectivity index (χ4n) is 1.40. The van der Waals surface area contributed by atoms with Crippen molar-refractivity contribution in [3.05, 3.63) is 29.8 Å². The lowest BCUT2D eigenvalue weighted by Gasteiger charge is -2.10. The summed E-state index contributed by atoms with van der Waals surface area (Å²) in [6, 6.07) is 7.84. The zero-order valence-electron chi connectivity index (χ0n) is 10.1. The van der Waals surface area contributed by atoms with Crippen LogP contribution in [0.5, 0.6) is 0 Å². The number of carbonyl (C=O) groups is 1. The second-order valence-corrected chi connectivity index (χ2v) is 4.01. The molecule has 1 rings (SSSR count). The second-order valence-electron chi connectivity index (χ2n) is 4.01. The van der Waals surface area contributed by atoms with Crippen LogP contribution in [0.3, 0.4) is 0 Å². The van der Waals surface area contributed by atoms with Crippen molar-refractivity contribution in [2.24, 2.45) is 0 Å². The first-order valence-corrected chi connectivity index (χ1v) is 5.30. The van der Waals surface area contributed by atoms with Gasteiger partial charge in [0.15, 0.2) is 0 Å². The zero-order chi connectivity index (χ0) is 12.0. The molecule has 0 heterocycles. The molecule has 0 spiro atoms. The third-order valence-corrected chi connectivity index (χ3v) is 2.08. The summed E-state index contributed by atoms with van der Waals surface area (Å²) >= 11 is 0. The van der Waals surface area contributed by atoms with E-state index in [2.05, 4.69) is 10.6 Å². The molecule has 0 saturated heterocycles. The van der Waals surface area contributed by atoms with Gasteiger partial charge in [-0.1, -0.05) is 12.1 Å². The monoisotopic (exact) mass is 221 g/mol. The summed E-state index contributed by atoms with van der Waals surface area (Å²) in [5.74, 6) is 0.00589. The first-order chi connectivity index (χ1) is 7.61. The summed E-state index contributed by atoms with van der Waals surface area (Å²) in [5.41, 5.74) is 2.04. The van der Waals surface area contributed by atoms with E-state index in [9.17, 15) is 4.79 Å². The molecule has 0 bridgehead atoms. The highest BCUT2D eigenvalue weighted by atomic mass is 16.2. The summed E-state index contributed by atoms with van der Waals surface area (Å²) < 4.78 is 0. The molecular weight excluding hydrogens is 202 g/mol. The SMILES string of the molecule is CNCc1ccc(NC(=O)CN(C)C)cc1. The van der Waals surface area contributed by atoms with Crippen LogP contribution in [0.1, 0.15) is 5.56 Å². The Bertz CT molecular complexity index is 333. The molecule has 0 unspecified atom stereocenters. The minimum atomic E-state index is 0.00589. The standard InChI is InChI=1S/C12H19N3O/c1-13-8-10-4-6-11(7-5-10)14-12(16)9-15(2)3/h4-7,13H,8-9H2,1-3H3,(H,14,16). The van der Waals surface area contributed by atoms with E-state index in [-0.39, 0.29) is 5.91 Å². The summed E-state index contributed by atoms with van der Waals surface area (Å²) in [6.45, 7) is 1.24. The molecule has 0 aliphatic carbocycles. The Morgan fingerprint density at radius 3 is 2.38 bits per heavy atom. The van der Waals surface area contributed by atoms with Gasteiger partial charge in [-0.3, -0.25) is 4.79 Å². The fourth-order valence-corrected chi connectivity index (χ4v) is 1.40. The number of hydrogen-bond donors (Lipinski definition) is 2.